The van der Waals surface area contributed by atoms with E-state index in [1.54, 1.807) is 12.1 Å². The molecule has 3 rings (SSSR count). The Kier molecular flexibility index (Phi) is 4.52. The van der Waals surface area contributed by atoms with Crippen LogP contribution in [0.2, 0.25) is 5.02 Å². The smallest absolute Gasteiger partial charge is 0.246 e. The predicted molar refractivity (Wildman–Crippen MR) is 88.2 cm³/mol. The topological polar surface area (TPSA) is 76.7 Å². The molecule has 0 saturated heterocycles. The molecule has 0 amide bonds. The van der Waals surface area contributed by atoms with Crippen LogP contribution >= 0.6 is 11.6 Å². The van der Waals surface area contributed by atoms with Crippen LogP contribution in [0, 0.1) is 6.92 Å². The highest BCUT2D eigenvalue weighted by Gasteiger charge is 2.09. The minimum absolute atomic E-state index is 0.396. The maximum atomic E-state index is 5.97. The van der Waals surface area contributed by atoms with Gasteiger partial charge in [-0.15, -0.1) is 0 Å². The second-order valence-corrected chi connectivity index (χ2v) is 5.46. The van der Waals surface area contributed by atoms with Gasteiger partial charge in [-0.2, -0.15) is 4.98 Å². The fourth-order valence-corrected chi connectivity index (χ4v) is 2.33. The zero-order valence-electron chi connectivity index (χ0n) is 12.9. The van der Waals surface area contributed by atoms with Crippen molar-refractivity contribution in [1.29, 1.82) is 0 Å². The van der Waals surface area contributed by atoms with Gasteiger partial charge in [0.15, 0.2) is 0 Å². The van der Waals surface area contributed by atoms with Crippen molar-refractivity contribution < 1.29 is 4.52 Å². The summed E-state index contributed by atoms with van der Waals surface area (Å²) in [7, 11) is 0. The molecular formula is C16H16ClN5O. The lowest BCUT2D eigenvalue weighted by atomic mass is 10.2. The second-order valence-electron chi connectivity index (χ2n) is 5.02. The lowest BCUT2D eigenvalue weighted by molar-refractivity contribution is 0.384. The molecule has 0 spiro atoms. The summed E-state index contributed by atoms with van der Waals surface area (Å²) in [5, 5.41) is 7.79. The standard InChI is InChI=1S/C16H16ClN5O/c1-3-13-8-14(20-10(2)19-13)18-9-15-21-16(22-23-15)11-5-4-6-12(17)7-11/h4-8H,3,9H2,1-2H3,(H,18,19,20). The quantitative estimate of drug-likeness (QED) is 0.769. The first kappa shape index (κ1) is 15.4. The molecule has 0 fully saturated rings. The van der Waals surface area contributed by atoms with Crippen molar-refractivity contribution in [2.24, 2.45) is 0 Å². The van der Waals surface area contributed by atoms with Gasteiger partial charge in [-0.3, -0.25) is 0 Å². The summed E-state index contributed by atoms with van der Waals surface area (Å²) in [6.45, 7) is 4.32. The van der Waals surface area contributed by atoms with E-state index in [-0.39, 0.29) is 0 Å². The van der Waals surface area contributed by atoms with Crippen LogP contribution in [0.5, 0.6) is 0 Å². The maximum absolute atomic E-state index is 5.97. The molecule has 0 bridgehead atoms. The zero-order chi connectivity index (χ0) is 16.2. The highest BCUT2D eigenvalue weighted by atomic mass is 35.5. The van der Waals surface area contributed by atoms with E-state index >= 15 is 0 Å². The number of aryl methyl sites for hydroxylation is 2. The van der Waals surface area contributed by atoms with Crippen molar-refractivity contribution in [2.45, 2.75) is 26.8 Å². The van der Waals surface area contributed by atoms with Gasteiger partial charge in [0.25, 0.3) is 0 Å². The molecule has 7 heteroatoms. The van der Waals surface area contributed by atoms with Gasteiger partial charge in [-0.1, -0.05) is 35.8 Å². The van der Waals surface area contributed by atoms with Gasteiger partial charge >= 0.3 is 0 Å². The number of hydrogen-bond donors (Lipinski definition) is 1. The fourth-order valence-electron chi connectivity index (χ4n) is 2.14. The third-order valence-electron chi connectivity index (χ3n) is 3.22. The van der Waals surface area contributed by atoms with Crippen molar-refractivity contribution in [3.8, 4) is 11.4 Å². The summed E-state index contributed by atoms with van der Waals surface area (Å²) >= 11 is 5.97. The van der Waals surface area contributed by atoms with Gasteiger partial charge in [0.1, 0.15) is 11.6 Å². The first-order valence-corrected chi connectivity index (χ1v) is 7.69. The van der Waals surface area contributed by atoms with Gasteiger partial charge in [0, 0.05) is 22.3 Å². The van der Waals surface area contributed by atoms with Gasteiger partial charge in [0.2, 0.25) is 11.7 Å². The fraction of sp³-hybridized carbons (Fsp3) is 0.250. The van der Waals surface area contributed by atoms with Crippen LogP contribution in [0.3, 0.4) is 0 Å². The van der Waals surface area contributed by atoms with Crippen LogP contribution in [0.15, 0.2) is 34.9 Å². The molecule has 1 N–H and O–H groups in total. The van der Waals surface area contributed by atoms with E-state index in [9.17, 15) is 0 Å². The molecule has 6 nitrogen and oxygen atoms in total. The van der Waals surface area contributed by atoms with Crippen LogP contribution in [0.25, 0.3) is 11.4 Å². The Balaban J connectivity index is 1.71. The second kappa shape index (κ2) is 6.75. The molecule has 3 aromatic rings. The number of nitrogens with one attached hydrogen (secondary N) is 1. The average Bonchev–Trinajstić information content (AvgIpc) is 3.01. The van der Waals surface area contributed by atoms with Crippen molar-refractivity contribution >= 4 is 17.4 Å². The molecule has 0 aliphatic rings. The number of nitrogens with zero attached hydrogens (tertiary/aromatic N) is 4. The molecule has 118 valence electrons. The Morgan fingerprint density at radius 2 is 2.04 bits per heavy atom. The van der Waals surface area contributed by atoms with Gasteiger partial charge in [0.05, 0.1) is 6.54 Å². The molecule has 0 radical (unpaired) electrons. The third kappa shape index (κ3) is 3.84. The van der Waals surface area contributed by atoms with E-state index in [1.807, 2.05) is 25.1 Å². The molecule has 0 unspecified atom stereocenters. The number of aromatic nitrogens is 4. The summed E-state index contributed by atoms with van der Waals surface area (Å²) in [6.07, 6.45) is 0.859. The number of hydrogen-bond acceptors (Lipinski definition) is 6. The molecule has 2 heterocycles. The van der Waals surface area contributed by atoms with Gasteiger partial charge in [-0.25, -0.2) is 9.97 Å². The molecule has 0 atom stereocenters. The van der Waals surface area contributed by atoms with Gasteiger partial charge < -0.3 is 9.84 Å². The molecule has 0 saturated carbocycles. The molecule has 23 heavy (non-hydrogen) atoms. The number of rotatable bonds is 5. The number of benzene rings is 1. The van der Waals surface area contributed by atoms with E-state index < -0.39 is 0 Å². The van der Waals surface area contributed by atoms with Crippen LogP contribution < -0.4 is 5.32 Å². The summed E-state index contributed by atoms with van der Waals surface area (Å²) in [5.74, 6) is 2.47. The van der Waals surface area contributed by atoms with Crippen LogP contribution in [0.4, 0.5) is 5.82 Å². The largest absolute Gasteiger partial charge is 0.361 e. The summed E-state index contributed by atoms with van der Waals surface area (Å²) < 4.78 is 5.26. The predicted octanol–water partition coefficient (Wildman–Crippen LogP) is 3.66. The van der Waals surface area contributed by atoms with E-state index in [0.717, 1.165) is 29.3 Å². The van der Waals surface area contributed by atoms with E-state index in [0.29, 0.717) is 23.3 Å². The van der Waals surface area contributed by atoms with Crippen molar-refractivity contribution in [3.63, 3.8) is 0 Å². The normalized spacial score (nSPS) is 10.7. The Labute approximate surface area is 138 Å². The molecule has 1 aromatic carbocycles. The monoisotopic (exact) mass is 329 g/mol. The van der Waals surface area contributed by atoms with Crippen LogP contribution in [0.1, 0.15) is 24.3 Å². The van der Waals surface area contributed by atoms with Crippen LogP contribution in [-0.2, 0) is 13.0 Å². The molecule has 0 aliphatic heterocycles. The highest BCUT2D eigenvalue weighted by Crippen LogP contribution is 2.20. The summed E-state index contributed by atoms with van der Waals surface area (Å²) in [5.41, 5.74) is 1.81. The van der Waals surface area contributed by atoms with Crippen molar-refractivity contribution in [1.82, 2.24) is 20.1 Å². The highest BCUT2D eigenvalue weighted by molar-refractivity contribution is 6.30. The Morgan fingerprint density at radius 3 is 2.83 bits per heavy atom. The number of anilines is 1. The van der Waals surface area contributed by atoms with E-state index in [1.165, 1.54) is 0 Å². The van der Waals surface area contributed by atoms with E-state index in [2.05, 4.69) is 32.3 Å². The Hall–Kier alpha value is -2.47. The molecular weight excluding hydrogens is 314 g/mol. The maximum Gasteiger partial charge on any atom is 0.246 e. The first-order chi connectivity index (χ1) is 11.1. The lowest BCUT2D eigenvalue weighted by Gasteiger charge is -2.05. The van der Waals surface area contributed by atoms with Crippen molar-refractivity contribution in [3.05, 3.63) is 52.8 Å². The summed E-state index contributed by atoms with van der Waals surface area (Å²) in [4.78, 5) is 13.0. The Bertz CT molecular complexity index is 818. The average molecular weight is 330 g/mol. The number of halogens is 1. The molecule has 2 aromatic heterocycles. The SMILES string of the molecule is CCc1cc(NCc2nc(-c3cccc(Cl)c3)no2)nc(C)n1. The minimum atomic E-state index is 0.396. The van der Waals surface area contributed by atoms with E-state index in [4.69, 9.17) is 16.1 Å². The lowest BCUT2D eigenvalue weighted by Crippen LogP contribution is -2.05. The zero-order valence-corrected chi connectivity index (χ0v) is 13.6. The first-order valence-electron chi connectivity index (χ1n) is 7.31. The van der Waals surface area contributed by atoms with Crippen molar-refractivity contribution in [2.75, 3.05) is 5.32 Å². The molecule has 0 aliphatic carbocycles. The van der Waals surface area contributed by atoms with Gasteiger partial charge in [-0.05, 0) is 25.5 Å². The van der Waals surface area contributed by atoms with Crippen LogP contribution in [-0.4, -0.2) is 20.1 Å². The summed E-state index contributed by atoms with van der Waals surface area (Å²) in [6, 6.07) is 9.25. The third-order valence-corrected chi connectivity index (χ3v) is 3.46. The Morgan fingerprint density at radius 1 is 1.17 bits per heavy atom. The minimum Gasteiger partial charge on any atom is -0.361 e.